The van der Waals surface area contributed by atoms with E-state index in [-0.39, 0.29) is 12.2 Å². The van der Waals surface area contributed by atoms with Crippen LogP contribution in [-0.4, -0.2) is 29.7 Å². The van der Waals surface area contributed by atoms with E-state index in [0.29, 0.717) is 5.94 Å². The molecule has 0 radical (unpaired) electrons. The van der Waals surface area contributed by atoms with E-state index in [1.807, 2.05) is 12.1 Å². The maximum Gasteiger partial charge on any atom is 0.0970 e. The molecule has 0 amide bonds. The van der Waals surface area contributed by atoms with Crippen molar-refractivity contribution in [3.8, 4) is 0 Å². The summed E-state index contributed by atoms with van der Waals surface area (Å²) in [6.45, 7) is 0. The molecule has 2 aromatic carbocycles. The van der Waals surface area contributed by atoms with Crippen molar-refractivity contribution in [2.45, 2.75) is 29.9 Å². The molecule has 0 aliphatic rings. The normalized spacial score (nSPS) is 13.7. The smallest absolute Gasteiger partial charge is 0.0970 e. The fourth-order valence-electron chi connectivity index (χ4n) is 2.32. The molecule has 0 aromatic heterocycles. The highest BCUT2D eigenvalue weighted by Gasteiger charge is 2.17. The zero-order chi connectivity index (χ0) is 16.3. The highest BCUT2D eigenvalue weighted by Crippen LogP contribution is 2.20. The van der Waals surface area contributed by atoms with Gasteiger partial charge in [-0.15, -0.1) is 0 Å². The molecule has 0 heterocycles. The molecule has 0 spiro atoms. The number of halogens is 1. The molecular weight excluding hydrogens is 419 g/mol. The van der Waals surface area contributed by atoms with Crippen molar-refractivity contribution in [3.05, 3.63) is 66.2 Å². The Hall–Kier alpha value is -0.560. The molecule has 4 heteroatoms. The van der Waals surface area contributed by atoms with Crippen LogP contribution in [0.2, 0.25) is 0 Å². The number of thioether (sulfide) groups is 1. The van der Waals surface area contributed by atoms with Gasteiger partial charge in [-0.05, 0) is 24.1 Å². The Morgan fingerprint density at radius 3 is 2.22 bits per heavy atom. The van der Waals surface area contributed by atoms with Crippen LogP contribution >= 0.6 is 34.4 Å². The van der Waals surface area contributed by atoms with Gasteiger partial charge in [-0.2, -0.15) is 0 Å². The molecule has 0 bridgehead atoms. The maximum atomic E-state index is 6.16. The van der Waals surface area contributed by atoms with Gasteiger partial charge in [0, 0.05) is 22.9 Å². The third-order valence-corrected chi connectivity index (χ3v) is 5.45. The van der Waals surface area contributed by atoms with Crippen LogP contribution in [0.3, 0.4) is 0 Å². The van der Waals surface area contributed by atoms with Crippen molar-refractivity contribution in [2.75, 3.05) is 17.5 Å². The lowest BCUT2D eigenvalue weighted by atomic mass is 10.0. The highest BCUT2D eigenvalue weighted by molar-refractivity contribution is 14.1. The van der Waals surface area contributed by atoms with Crippen molar-refractivity contribution >= 4 is 34.4 Å². The fourth-order valence-corrected chi connectivity index (χ4v) is 3.78. The molecule has 0 saturated carbocycles. The van der Waals surface area contributed by atoms with E-state index in [1.165, 1.54) is 10.5 Å². The van der Waals surface area contributed by atoms with E-state index in [9.17, 15) is 0 Å². The van der Waals surface area contributed by atoms with E-state index in [0.717, 1.165) is 17.3 Å². The molecule has 2 atom stereocenters. The summed E-state index contributed by atoms with van der Waals surface area (Å²) in [6, 6.07) is 20.9. The van der Waals surface area contributed by atoms with Gasteiger partial charge >= 0.3 is 0 Å². The summed E-state index contributed by atoms with van der Waals surface area (Å²) in [4.78, 5) is 1.24. The molecule has 0 fully saturated rings. The average molecular weight is 442 g/mol. The second-order valence-electron chi connectivity index (χ2n) is 5.30. The topological polar surface area (TPSA) is 18.5 Å². The predicted octanol–water partition coefficient (Wildman–Crippen LogP) is 5.20. The van der Waals surface area contributed by atoms with Crippen molar-refractivity contribution in [1.82, 2.24) is 0 Å². The van der Waals surface area contributed by atoms with Crippen molar-refractivity contribution in [3.63, 3.8) is 0 Å². The summed E-state index contributed by atoms with van der Waals surface area (Å²) in [6.07, 6.45) is 2.26. The molecule has 0 saturated heterocycles. The van der Waals surface area contributed by atoms with Crippen LogP contribution in [0.25, 0.3) is 0 Å². The lowest BCUT2D eigenvalue weighted by Crippen LogP contribution is -2.25. The van der Waals surface area contributed by atoms with Gasteiger partial charge in [-0.1, -0.05) is 82.9 Å². The molecular formula is C19H23IO2S. The summed E-state index contributed by atoms with van der Waals surface area (Å²) >= 11 is 4.11. The average Bonchev–Trinajstić information content (AvgIpc) is 2.61. The predicted molar refractivity (Wildman–Crippen MR) is 106 cm³/mol. The molecule has 0 aliphatic carbocycles. The zero-order valence-corrected chi connectivity index (χ0v) is 16.3. The maximum absolute atomic E-state index is 6.16. The first-order chi connectivity index (χ1) is 11.3. The number of benzene rings is 2. The number of methoxy groups -OCH3 is 1. The standard InChI is InChI=1S/C19H23IO2S/c1-21-18(14-20)13-17(12-16-8-4-2-5-9-16)22-15-23-19-10-6-3-7-11-19/h2-11,17-18H,12-15H2,1H3/t17-,18-/m1/s1. The van der Waals surface area contributed by atoms with Crippen LogP contribution in [0, 0.1) is 0 Å². The highest BCUT2D eigenvalue weighted by atomic mass is 127. The molecule has 2 nitrogen and oxygen atoms in total. The lowest BCUT2D eigenvalue weighted by Gasteiger charge is -2.22. The first kappa shape index (κ1) is 18.8. The monoisotopic (exact) mass is 442 g/mol. The van der Waals surface area contributed by atoms with Gasteiger partial charge in [0.05, 0.1) is 18.1 Å². The summed E-state index contributed by atoms with van der Waals surface area (Å²) in [5.74, 6) is 0.666. The van der Waals surface area contributed by atoms with E-state index >= 15 is 0 Å². The molecule has 2 aromatic rings. The minimum absolute atomic E-state index is 0.174. The minimum Gasteiger partial charge on any atom is -0.381 e. The van der Waals surface area contributed by atoms with Crippen LogP contribution in [0.5, 0.6) is 0 Å². The van der Waals surface area contributed by atoms with Crippen LogP contribution in [0.1, 0.15) is 12.0 Å². The van der Waals surface area contributed by atoms with Crippen molar-refractivity contribution < 1.29 is 9.47 Å². The quantitative estimate of drug-likeness (QED) is 0.218. The lowest BCUT2D eigenvalue weighted by molar-refractivity contribution is 0.0279. The number of alkyl halides is 1. The summed E-state index contributed by atoms with van der Waals surface area (Å²) in [5.41, 5.74) is 1.31. The van der Waals surface area contributed by atoms with Gasteiger partial charge in [0.1, 0.15) is 0 Å². The van der Waals surface area contributed by atoms with Gasteiger partial charge in [0.25, 0.3) is 0 Å². The number of hydrogen-bond acceptors (Lipinski definition) is 3. The largest absolute Gasteiger partial charge is 0.381 e. The molecule has 0 N–H and O–H groups in total. The van der Waals surface area contributed by atoms with E-state index in [4.69, 9.17) is 9.47 Å². The summed E-state index contributed by atoms with van der Waals surface area (Å²) < 4.78 is 12.7. The Morgan fingerprint density at radius 2 is 1.61 bits per heavy atom. The fraction of sp³-hybridized carbons (Fsp3) is 0.368. The van der Waals surface area contributed by atoms with Gasteiger partial charge in [0.15, 0.2) is 0 Å². The second kappa shape index (κ2) is 11.1. The SMILES string of the molecule is CO[C@@H](CI)C[C@@H](Cc1ccccc1)OCSc1ccccc1. The minimum atomic E-state index is 0.174. The van der Waals surface area contributed by atoms with Gasteiger partial charge < -0.3 is 9.47 Å². The third kappa shape index (κ3) is 7.25. The number of rotatable bonds is 10. The first-order valence-electron chi connectivity index (χ1n) is 7.74. The van der Waals surface area contributed by atoms with Crippen molar-refractivity contribution in [1.29, 1.82) is 0 Å². The van der Waals surface area contributed by atoms with E-state index < -0.39 is 0 Å². The van der Waals surface area contributed by atoms with Crippen LogP contribution in [0.4, 0.5) is 0 Å². The number of hydrogen-bond donors (Lipinski definition) is 0. The third-order valence-electron chi connectivity index (χ3n) is 3.61. The summed E-state index contributed by atoms with van der Waals surface area (Å²) in [7, 11) is 1.78. The Labute approximate surface area is 157 Å². The Balaban J connectivity index is 1.89. The Kier molecular flexibility index (Phi) is 9.04. The second-order valence-corrected chi connectivity index (χ2v) is 7.18. The van der Waals surface area contributed by atoms with Crippen LogP contribution in [0.15, 0.2) is 65.6 Å². The van der Waals surface area contributed by atoms with Gasteiger partial charge in [-0.3, -0.25) is 0 Å². The Morgan fingerprint density at radius 1 is 0.957 bits per heavy atom. The Bertz CT molecular complexity index is 532. The molecule has 124 valence electrons. The van der Waals surface area contributed by atoms with Gasteiger partial charge in [0.2, 0.25) is 0 Å². The van der Waals surface area contributed by atoms with Crippen LogP contribution < -0.4 is 0 Å². The van der Waals surface area contributed by atoms with Gasteiger partial charge in [-0.25, -0.2) is 0 Å². The van der Waals surface area contributed by atoms with Crippen molar-refractivity contribution in [2.24, 2.45) is 0 Å². The van der Waals surface area contributed by atoms with E-state index in [2.05, 4.69) is 71.1 Å². The van der Waals surface area contributed by atoms with Crippen LogP contribution in [-0.2, 0) is 15.9 Å². The van der Waals surface area contributed by atoms with E-state index in [1.54, 1.807) is 18.9 Å². The molecule has 23 heavy (non-hydrogen) atoms. The number of ether oxygens (including phenoxy) is 2. The summed E-state index contributed by atoms with van der Waals surface area (Å²) in [5, 5.41) is 0. The first-order valence-corrected chi connectivity index (χ1v) is 10.2. The molecule has 0 unspecified atom stereocenters. The molecule has 0 aliphatic heterocycles. The zero-order valence-electron chi connectivity index (χ0n) is 13.4. The molecule has 2 rings (SSSR count).